The van der Waals surface area contributed by atoms with Crippen molar-refractivity contribution in [3.63, 3.8) is 0 Å². The van der Waals surface area contributed by atoms with Crippen LogP contribution in [0.1, 0.15) is 25.6 Å². The third-order valence-corrected chi connectivity index (χ3v) is 5.69. The second-order valence-corrected chi connectivity index (χ2v) is 9.35. The fourth-order valence-corrected chi connectivity index (χ4v) is 4.15. The molecule has 4 N–H and O–H groups in total. The lowest BCUT2D eigenvalue weighted by molar-refractivity contribution is 0.102. The number of aliphatic hydroxyl groups is 1. The van der Waals surface area contributed by atoms with Crippen LogP contribution in [0.25, 0.3) is 0 Å². The molecule has 0 spiro atoms. The Balaban J connectivity index is 1.69. The van der Waals surface area contributed by atoms with Crippen molar-refractivity contribution < 1.29 is 23.1 Å². The summed E-state index contributed by atoms with van der Waals surface area (Å²) in [7, 11) is -3.43. The first-order valence-electron chi connectivity index (χ1n) is 9.23. The summed E-state index contributed by atoms with van der Waals surface area (Å²) >= 11 is 1.12. The first-order chi connectivity index (χ1) is 14.7. The summed E-state index contributed by atoms with van der Waals surface area (Å²) in [6.07, 6.45) is 1.46. The molecule has 8 nitrogen and oxygen atoms in total. The second-order valence-electron chi connectivity index (χ2n) is 6.69. The number of thiophene rings is 1. The molecule has 0 bridgehead atoms. The van der Waals surface area contributed by atoms with Gasteiger partial charge in [0.05, 0.1) is 22.4 Å². The number of anilines is 3. The highest BCUT2D eigenvalue weighted by molar-refractivity contribution is 7.92. The lowest BCUT2D eigenvalue weighted by atomic mass is 10.1. The van der Waals surface area contributed by atoms with E-state index < -0.39 is 15.9 Å². The fourth-order valence-electron chi connectivity index (χ4n) is 2.82. The molecule has 0 aliphatic rings. The summed E-state index contributed by atoms with van der Waals surface area (Å²) in [5.41, 5.74) is 2.49. The first-order valence-corrected chi connectivity index (χ1v) is 12.0. The van der Waals surface area contributed by atoms with Gasteiger partial charge in [-0.25, -0.2) is 8.42 Å². The van der Waals surface area contributed by atoms with Crippen LogP contribution in [0.3, 0.4) is 0 Å². The van der Waals surface area contributed by atoms with Crippen LogP contribution in [0.2, 0.25) is 0 Å². The molecular weight excluding hydrogens is 438 g/mol. The molecule has 2 amide bonds. The summed E-state index contributed by atoms with van der Waals surface area (Å²) < 4.78 is 25.1. The Morgan fingerprint density at radius 1 is 0.968 bits per heavy atom. The predicted octanol–water partition coefficient (Wildman–Crippen LogP) is 3.16. The van der Waals surface area contributed by atoms with E-state index in [1.807, 2.05) is 12.1 Å². The zero-order valence-electron chi connectivity index (χ0n) is 16.6. The molecule has 0 saturated heterocycles. The maximum atomic E-state index is 12.6. The number of aliphatic hydroxyl groups excluding tert-OH is 1. The van der Waals surface area contributed by atoms with Crippen LogP contribution >= 0.6 is 11.3 Å². The number of para-hydroxylation sites is 1. The highest BCUT2D eigenvalue weighted by Crippen LogP contribution is 2.22. The highest BCUT2D eigenvalue weighted by atomic mass is 32.2. The molecule has 0 saturated carbocycles. The Morgan fingerprint density at radius 3 is 2.45 bits per heavy atom. The highest BCUT2D eigenvalue weighted by Gasteiger charge is 2.15. The Morgan fingerprint density at radius 2 is 1.71 bits per heavy atom. The number of sulfonamides is 1. The van der Waals surface area contributed by atoms with Gasteiger partial charge >= 0.3 is 0 Å². The molecule has 0 atom stereocenters. The van der Waals surface area contributed by atoms with Gasteiger partial charge in [0, 0.05) is 23.4 Å². The van der Waals surface area contributed by atoms with Gasteiger partial charge in [-0.05, 0) is 42.3 Å². The van der Waals surface area contributed by atoms with E-state index in [0.717, 1.165) is 23.2 Å². The average molecular weight is 460 g/mol. The summed E-state index contributed by atoms with van der Waals surface area (Å²) in [6, 6.07) is 15.0. The second kappa shape index (κ2) is 9.73. The molecule has 0 aliphatic heterocycles. The number of carbonyl (C=O) groups is 2. The van der Waals surface area contributed by atoms with Crippen LogP contribution < -0.4 is 15.4 Å². The number of amides is 2. The van der Waals surface area contributed by atoms with Gasteiger partial charge in [-0.15, -0.1) is 11.3 Å². The van der Waals surface area contributed by atoms with Crippen LogP contribution in [0.4, 0.5) is 17.1 Å². The fraction of sp³-hybridized carbons (Fsp3) is 0.143. The van der Waals surface area contributed by atoms with Crippen molar-refractivity contribution in [3.8, 4) is 0 Å². The van der Waals surface area contributed by atoms with Gasteiger partial charge < -0.3 is 15.7 Å². The first kappa shape index (κ1) is 22.5. The minimum absolute atomic E-state index is 0.0312. The van der Waals surface area contributed by atoms with Crippen molar-refractivity contribution in [2.75, 3.05) is 28.2 Å². The molecule has 0 fully saturated rings. The lowest BCUT2D eigenvalue weighted by Crippen LogP contribution is -2.14. The Hall–Kier alpha value is -3.21. The molecular formula is C21H21N3O5S2. The van der Waals surface area contributed by atoms with E-state index in [9.17, 15) is 18.0 Å². The van der Waals surface area contributed by atoms with E-state index in [1.54, 1.807) is 35.7 Å². The minimum atomic E-state index is -3.43. The van der Waals surface area contributed by atoms with Gasteiger partial charge in [0.15, 0.2) is 0 Å². The van der Waals surface area contributed by atoms with E-state index in [0.29, 0.717) is 33.9 Å². The van der Waals surface area contributed by atoms with Crippen molar-refractivity contribution in [2.24, 2.45) is 0 Å². The molecule has 2 aromatic carbocycles. The number of nitrogens with one attached hydrogen (secondary N) is 3. The molecule has 0 unspecified atom stereocenters. The van der Waals surface area contributed by atoms with Crippen molar-refractivity contribution in [1.82, 2.24) is 0 Å². The summed E-state index contributed by atoms with van der Waals surface area (Å²) in [6.45, 7) is -0.0312. The number of hydrogen-bond acceptors (Lipinski definition) is 6. The van der Waals surface area contributed by atoms with E-state index in [4.69, 9.17) is 5.11 Å². The molecule has 0 radical (unpaired) electrons. The lowest BCUT2D eigenvalue weighted by Gasteiger charge is -2.09. The van der Waals surface area contributed by atoms with Gasteiger partial charge in [-0.1, -0.05) is 24.3 Å². The monoisotopic (exact) mass is 459 g/mol. The van der Waals surface area contributed by atoms with E-state index >= 15 is 0 Å². The number of carbonyl (C=O) groups excluding carboxylic acids is 2. The van der Waals surface area contributed by atoms with Gasteiger partial charge in [0.2, 0.25) is 10.0 Å². The molecule has 3 aromatic rings. The Bertz CT molecular complexity index is 1200. The van der Waals surface area contributed by atoms with Crippen LogP contribution in [0, 0.1) is 0 Å². The number of rotatable bonds is 8. The minimum Gasteiger partial charge on any atom is -0.396 e. The van der Waals surface area contributed by atoms with E-state index in [-0.39, 0.29) is 12.5 Å². The molecule has 10 heteroatoms. The topological polar surface area (TPSA) is 125 Å². The molecule has 3 rings (SSSR count). The van der Waals surface area contributed by atoms with Crippen molar-refractivity contribution in [1.29, 1.82) is 0 Å². The van der Waals surface area contributed by atoms with Crippen molar-refractivity contribution >= 4 is 50.2 Å². The van der Waals surface area contributed by atoms with Gasteiger partial charge in [0.1, 0.15) is 0 Å². The molecule has 1 aromatic heterocycles. The quantitative estimate of drug-likeness (QED) is 0.412. The van der Waals surface area contributed by atoms with Crippen LogP contribution in [-0.2, 0) is 16.4 Å². The zero-order chi connectivity index (χ0) is 22.4. The van der Waals surface area contributed by atoms with Crippen molar-refractivity contribution in [3.05, 3.63) is 76.0 Å². The number of hydrogen-bond donors (Lipinski definition) is 4. The zero-order valence-corrected chi connectivity index (χ0v) is 18.2. The average Bonchev–Trinajstić information content (AvgIpc) is 3.19. The van der Waals surface area contributed by atoms with Crippen LogP contribution in [0.15, 0.2) is 60.0 Å². The smallest absolute Gasteiger partial charge is 0.265 e. The van der Waals surface area contributed by atoms with Gasteiger partial charge in [-0.3, -0.25) is 14.3 Å². The number of benzene rings is 2. The third kappa shape index (κ3) is 6.38. The van der Waals surface area contributed by atoms with Gasteiger partial charge in [-0.2, -0.15) is 0 Å². The van der Waals surface area contributed by atoms with Gasteiger partial charge in [0.25, 0.3) is 11.8 Å². The molecule has 162 valence electrons. The van der Waals surface area contributed by atoms with Crippen molar-refractivity contribution in [2.45, 2.75) is 6.42 Å². The van der Waals surface area contributed by atoms with E-state index in [2.05, 4.69) is 15.4 Å². The molecule has 31 heavy (non-hydrogen) atoms. The van der Waals surface area contributed by atoms with E-state index in [1.165, 1.54) is 12.1 Å². The molecule has 1 heterocycles. The maximum absolute atomic E-state index is 12.6. The normalized spacial score (nSPS) is 11.0. The molecule has 0 aliphatic carbocycles. The maximum Gasteiger partial charge on any atom is 0.265 e. The van der Waals surface area contributed by atoms with Crippen LogP contribution in [0.5, 0.6) is 0 Å². The SMILES string of the molecule is CS(=O)(=O)Nc1cccc(NC(=O)c2cc(C(=O)Nc3ccccc3CCO)cs2)c1. The third-order valence-electron chi connectivity index (χ3n) is 4.16. The largest absolute Gasteiger partial charge is 0.396 e. The summed E-state index contributed by atoms with van der Waals surface area (Å²) in [4.78, 5) is 25.5. The van der Waals surface area contributed by atoms with Crippen LogP contribution in [-0.4, -0.2) is 38.2 Å². The summed E-state index contributed by atoms with van der Waals surface area (Å²) in [5, 5.41) is 16.2. The predicted molar refractivity (Wildman–Crippen MR) is 122 cm³/mol. The Kier molecular flexibility index (Phi) is 7.06. The Labute approximate surface area is 184 Å². The standard InChI is InChI=1S/C21H21N3O5S2/c1-31(28,29)24-17-7-4-6-16(12-17)22-21(27)19-11-15(13-30-19)20(26)23-18-8-3-2-5-14(18)9-10-25/h2-8,11-13,24-25H,9-10H2,1H3,(H,22,27)(H,23,26). The summed E-state index contributed by atoms with van der Waals surface area (Å²) in [5.74, 6) is -0.777.